The van der Waals surface area contributed by atoms with Gasteiger partial charge in [0.1, 0.15) is 23.5 Å². The van der Waals surface area contributed by atoms with Gasteiger partial charge in [0.25, 0.3) is 5.91 Å². The molecular formula is C28H38N2O6S2. The van der Waals surface area contributed by atoms with Crippen molar-refractivity contribution >= 4 is 37.9 Å². The minimum absolute atomic E-state index is 0.0208. The molecule has 1 fully saturated rings. The highest BCUT2D eigenvalue weighted by molar-refractivity contribution is 7.91. The average Bonchev–Trinajstić information content (AvgIpc) is 3.39. The summed E-state index contributed by atoms with van der Waals surface area (Å²) < 4.78 is 29.5. The Morgan fingerprint density at radius 1 is 1.24 bits per heavy atom. The lowest BCUT2D eigenvalue weighted by molar-refractivity contribution is 0.0939. The van der Waals surface area contributed by atoms with Crippen molar-refractivity contribution in [3.05, 3.63) is 45.8 Å². The number of ketones is 1. The van der Waals surface area contributed by atoms with E-state index in [9.17, 15) is 23.1 Å². The highest BCUT2D eigenvalue weighted by Gasteiger charge is 2.35. The van der Waals surface area contributed by atoms with E-state index in [1.54, 1.807) is 35.6 Å². The lowest BCUT2D eigenvalue weighted by atomic mass is 9.72. The molecule has 10 heteroatoms. The summed E-state index contributed by atoms with van der Waals surface area (Å²) in [7, 11) is -3.11. The number of carbonyl (C=O) groups is 2. The van der Waals surface area contributed by atoms with Gasteiger partial charge in [0.05, 0.1) is 17.1 Å². The smallest absolute Gasteiger partial charge is 0.254 e. The Labute approximate surface area is 229 Å². The van der Waals surface area contributed by atoms with Gasteiger partial charge in [-0.05, 0) is 61.6 Å². The number of hydrogen-bond donors (Lipinski definition) is 3. The number of amides is 1. The SMILES string of the molecule is CC(=O)c1cccc(OCC(O)CNc2sc3c(c2C(=O)NC2CCS(=O)(=O)C2)CCC(C(C)(C)C)C3)c1. The standard InChI is InChI=1S/C28H38N2O6S2/c1-17(31)18-6-5-7-22(12-18)36-15-21(32)14-29-27-25(26(33)30-20-10-11-38(34,35)16-20)23-9-8-19(28(2,3)4)13-24(23)37-27/h5-7,12,19-21,29,32H,8-11,13-16H2,1-4H3,(H,30,33). The van der Waals surface area contributed by atoms with Crippen LogP contribution in [0.2, 0.25) is 0 Å². The fraction of sp³-hybridized carbons (Fsp3) is 0.571. The molecule has 208 valence electrons. The Hall–Kier alpha value is -2.43. The van der Waals surface area contributed by atoms with Crippen LogP contribution in [0.25, 0.3) is 0 Å². The van der Waals surface area contributed by atoms with Gasteiger partial charge < -0.3 is 20.5 Å². The molecule has 1 amide bonds. The third-order valence-electron chi connectivity index (χ3n) is 7.47. The second-order valence-electron chi connectivity index (χ2n) is 11.5. The number of rotatable bonds is 9. The normalized spacial score (nSPS) is 21.4. The van der Waals surface area contributed by atoms with E-state index in [1.807, 2.05) is 0 Å². The minimum Gasteiger partial charge on any atom is -0.491 e. The van der Waals surface area contributed by atoms with E-state index < -0.39 is 15.9 Å². The van der Waals surface area contributed by atoms with Crippen LogP contribution in [0.3, 0.4) is 0 Å². The van der Waals surface area contributed by atoms with Crippen LogP contribution >= 0.6 is 11.3 Å². The van der Waals surface area contributed by atoms with Crippen molar-refractivity contribution in [1.29, 1.82) is 0 Å². The van der Waals surface area contributed by atoms with Crippen LogP contribution in [-0.4, -0.2) is 62.0 Å². The number of Topliss-reactive ketones (excluding diaryl/α,β-unsaturated/α-hetero) is 1. The van der Waals surface area contributed by atoms with Crippen LogP contribution in [0.15, 0.2) is 24.3 Å². The maximum Gasteiger partial charge on any atom is 0.254 e. The first-order valence-electron chi connectivity index (χ1n) is 13.1. The Kier molecular flexibility index (Phi) is 8.54. The highest BCUT2D eigenvalue weighted by Crippen LogP contribution is 2.44. The van der Waals surface area contributed by atoms with E-state index in [4.69, 9.17) is 4.74 Å². The summed E-state index contributed by atoms with van der Waals surface area (Å²) in [4.78, 5) is 26.2. The maximum absolute atomic E-state index is 13.4. The number of fused-ring (bicyclic) bond motifs is 1. The highest BCUT2D eigenvalue weighted by atomic mass is 32.2. The Morgan fingerprint density at radius 3 is 2.66 bits per heavy atom. The second kappa shape index (κ2) is 11.4. The topological polar surface area (TPSA) is 122 Å². The number of aliphatic hydroxyl groups excluding tert-OH is 1. The minimum atomic E-state index is -3.11. The molecule has 0 radical (unpaired) electrons. The number of anilines is 1. The molecule has 8 nitrogen and oxygen atoms in total. The predicted molar refractivity (Wildman–Crippen MR) is 150 cm³/mol. The molecule has 0 bridgehead atoms. The Morgan fingerprint density at radius 2 is 2.00 bits per heavy atom. The Balaban J connectivity index is 1.47. The average molecular weight is 563 g/mol. The number of aliphatic hydroxyl groups is 1. The van der Waals surface area contributed by atoms with Gasteiger partial charge in [-0.25, -0.2) is 8.42 Å². The van der Waals surface area contributed by atoms with Gasteiger partial charge in [-0.1, -0.05) is 32.9 Å². The first kappa shape index (κ1) is 28.6. The summed E-state index contributed by atoms with van der Waals surface area (Å²) in [6, 6.07) is 6.44. The van der Waals surface area contributed by atoms with E-state index in [0.717, 1.165) is 24.8 Å². The van der Waals surface area contributed by atoms with Crippen molar-refractivity contribution < 1.29 is 27.9 Å². The summed E-state index contributed by atoms with van der Waals surface area (Å²) >= 11 is 1.55. The van der Waals surface area contributed by atoms with Gasteiger partial charge in [0.15, 0.2) is 15.6 Å². The van der Waals surface area contributed by atoms with Crippen molar-refractivity contribution in [2.45, 2.75) is 65.5 Å². The zero-order valence-corrected chi connectivity index (χ0v) is 24.1. The van der Waals surface area contributed by atoms with E-state index in [-0.39, 0.29) is 47.8 Å². The van der Waals surface area contributed by atoms with E-state index in [0.29, 0.717) is 34.2 Å². The lowest BCUT2D eigenvalue weighted by Gasteiger charge is -2.33. The van der Waals surface area contributed by atoms with Gasteiger partial charge >= 0.3 is 0 Å². The van der Waals surface area contributed by atoms with Crippen LogP contribution in [0.1, 0.15) is 71.7 Å². The number of hydrogen-bond acceptors (Lipinski definition) is 8. The van der Waals surface area contributed by atoms with Crippen molar-refractivity contribution in [3.63, 3.8) is 0 Å². The van der Waals surface area contributed by atoms with Crippen LogP contribution in [0, 0.1) is 11.3 Å². The fourth-order valence-corrected chi connectivity index (χ4v) is 8.13. The van der Waals surface area contributed by atoms with Crippen LogP contribution in [0.5, 0.6) is 5.75 Å². The number of benzene rings is 1. The molecule has 3 atom stereocenters. The molecule has 0 spiro atoms. The quantitative estimate of drug-likeness (QED) is 0.397. The lowest BCUT2D eigenvalue weighted by Crippen LogP contribution is -2.36. The van der Waals surface area contributed by atoms with Gasteiger partial charge in [0, 0.05) is 23.0 Å². The van der Waals surface area contributed by atoms with Crippen LogP contribution < -0.4 is 15.4 Å². The molecule has 0 saturated carbocycles. The second-order valence-corrected chi connectivity index (χ2v) is 14.9. The number of ether oxygens (including phenoxy) is 1. The molecule has 1 aliphatic heterocycles. The number of sulfone groups is 1. The number of thiophene rings is 1. The fourth-order valence-electron chi connectivity index (χ4n) is 5.12. The maximum atomic E-state index is 13.4. The van der Waals surface area contributed by atoms with E-state index in [1.165, 1.54) is 11.8 Å². The first-order valence-corrected chi connectivity index (χ1v) is 15.8. The molecule has 3 N–H and O–H groups in total. The molecule has 3 unspecified atom stereocenters. The molecule has 2 heterocycles. The molecule has 2 aliphatic rings. The van der Waals surface area contributed by atoms with Gasteiger partial charge in [-0.15, -0.1) is 11.3 Å². The first-order chi connectivity index (χ1) is 17.8. The summed E-state index contributed by atoms with van der Waals surface area (Å²) in [6.07, 6.45) is 2.24. The van der Waals surface area contributed by atoms with Crippen LogP contribution in [-0.2, 0) is 22.7 Å². The summed E-state index contributed by atoms with van der Waals surface area (Å²) in [6.45, 7) is 8.41. The van der Waals surface area contributed by atoms with Gasteiger partial charge in [-0.2, -0.15) is 0 Å². The molecule has 4 rings (SSSR count). The summed E-state index contributed by atoms with van der Waals surface area (Å²) in [5.74, 6) is 0.757. The van der Waals surface area contributed by atoms with E-state index in [2.05, 4.69) is 31.4 Å². The van der Waals surface area contributed by atoms with Crippen molar-refractivity contribution in [3.8, 4) is 5.75 Å². The molecule has 2 aromatic rings. The van der Waals surface area contributed by atoms with E-state index >= 15 is 0 Å². The molecular weight excluding hydrogens is 524 g/mol. The largest absolute Gasteiger partial charge is 0.491 e. The predicted octanol–water partition coefficient (Wildman–Crippen LogP) is 3.87. The van der Waals surface area contributed by atoms with Crippen molar-refractivity contribution in [1.82, 2.24) is 5.32 Å². The molecule has 1 aromatic carbocycles. The van der Waals surface area contributed by atoms with Crippen LogP contribution in [0.4, 0.5) is 5.00 Å². The third-order valence-corrected chi connectivity index (χ3v) is 10.4. The summed E-state index contributed by atoms with van der Waals surface area (Å²) in [5.41, 5.74) is 2.30. The zero-order chi connectivity index (χ0) is 27.7. The third kappa shape index (κ3) is 6.95. The molecule has 1 aromatic heterocycles. The molecule has 1 aliphatic carbocycles. The van der Waals surface area contributed by atoms with Crippen molar-refractivity contribution in [2.75, 3.05) is 30.0 Å². The molecule has 38 heavy (non-hydrogen) atoms. The monoisotopic (exact) mass is 562 g/mol. The zero-order valence-electron chi connectivity index (χ0n) is 22.5. The summed E-state index contributed by atoms with van der Waals surface area (Å²) in [5, 5.41) is 17.5. The van der Waals surface area contributed by atoms with Crippen molar-refractivity contribution in [2.24, 2.45) is 11.3 Å². The number of nitrogens with one attached hydrogen (secondary N) is 2. The van der Waals surface area contributed by atoms with Gasteiger partial charge in [-0.3, -0.25) is 9.59 Å². The number of carbonyl (C=O) groups excluding carboxylic acids is 2. The molecule has 1 saturated heterocycles. The van der Waals surface area contributed by atoms with Gasteiger partial charge in [0.2, 0.25) is 0 Å². The Bertz CT molecular complexity index is 1290.